The quantitative estimate of drug-likeness (QED) is 0.823. The molecule has 0 saturated carbocycles. The Bertz CT molecular complexity index is 636. The average molecular weight is 300 g/mol. The molecule has 0 spiro atoms. The van der Waals surface area contributed by atoms with Gasteiger partial charge in [0.25, 0.3) is 5.79 Å². The molecule has 1 N–H and O–H groups in total. The highest BCUT2D eigenvalue weighted by atomic mass is 16.6. The Kier molecular flexibility index (Phi) is 4.87. The molecule has 118 valence electrons. The van der Waals surface area contributed by atoms with Crippen molar-refractivity contribution in [3.8, 4) is 5.75 Å². The fourth-order valence-electron chi connectivity index (χ4n) is 2.58. The molecule has 0 saturated heterocycles. The molecule has 0 fully saturated rings. The third kappa shape index (κ3) is 3.47. The number of hydrogen-bond donors (Lipinski definition) is 1. The van der Waals surface area contributed by atoms with Crippen LogP contribution in [0.25, 0.3) is 0 Å². The summed E-state index contributed by atoms with van der Waals surface area (Å²) >= 11 is 0. The monoisotopic (exact) mass is 300 g/mol. The summed E-state index contributed by atoms with van der Waals surface area (Å²) in [4.78, 5) is 12.4. The fourth-order valence-corrected chi connectivity index (χ4v) is 2.58. The number of benzene rings is 1. The third-order valence-corrected chi connectivity index (χ3v) is 3.91. The number of aryl methyl sites for hydroxylation is 1. The van der Waals surface area contributed by atoms with Gasteiger partial charge in [-0.15, -0.1) is 0 Å². The van der Waals surface area contributed by atoms with Gasteiger partial charge in [0.05, 0.1) is 5.56 Å². The molecule has 1 atom stereocenters. The summed E-state index contributed by atoms with van der Waals surface area (Å²) in [6.45, 7) is 8.02. The van der Waals surface area contributed by atoms with Crippen molar-refractivity contribution in [1.29, 1.82) is 0 Å². The van der Waals surface area contributed by atoms with Crippen molar-refractivity contribution in [2.45, 2.75) is 52.7 Å². The van der Waals surface area contributed by atoms with E-state index in [4.69, 9.17) is 4.74 Å². The Morgan fingerprint density at radius 2 is 2.00 bits per heavy atom. The van der Waals surface area contributed by atoms with Gasteiger partial charge in [-0.2, -0.15) is 0 Å². The van der Waals surface area contributed by atoms with Crippen molar-refractivity contribution >= 4 is 5.78 Å². The van der Waals surface area contributed by atoms with E-state index in [2.05, 4.69) is 19.9 Å². The smallest absolute Gasteiger partial charge is 0.276 e. The average Bonchev–Trinajstić information content (AvgIpc) is 2.70. The van der Waals surface area contributed by atoms with Gasteiger partial charge in [0.1, 0.15) is 5.75 Å². The van der Waals surface area contributed by atoms with Crippen LogP contribution in [0, 0.1) is 6.92 Å². The number of hydrogen-bond acceptors (Lipinski definition) is 3. The number of ketones is 1. The van der Waals surface area contributed by atoms with Gasteiger partial charge in [-0.1, -0.05) is 35.4 Å². The number of ether oxygens (including phenoxy) is 1. The van der Waals surface area contributed by atoms with Crippen LogP contribution >= 0.6 is 0 Å². The molecule has 22 heavy (non-hydrogen) atoms. The van der Waals surface area contributed by atoms with Crippen LogP contribution in [-0.2, 0) is 0 Å². The number of allylic oxidation sites excluding steroid dienone is 3. The number of Topliss-reactive ketones (excluding diaryl/α,β-unsaturated/α-hetero) is 1. The Labute approximate surface area is 132 Å². The van der Waals surface area contributed by atoms with Crippen LogP contribution in [0.4, 0.5) is 0 Å². The van der Waals surface area contributed by atoms with E-state index in [1.54, 1.807) is 6.07 Å². The lowest BCUT2D eigenvalue weighted by molar-refractivity contribution is -0.0871. The highest BCUT2D eigenvalue weighted by Crippen LogP contribution is 2.37. The largest absolute Gasteiger partial charge is 0.453 e. The van der Waals surface area contributed by atoms with Gasteiger partial charge in [0.15, 0.2) is 0 Å². The van der Waals surface area contributed by atoms with E-state index in [1.807, 2.05) is 32.1 Å². The van der Waals surface area contributed by atoms with Crippen LogP contribution in [-0.4, -0.2) is 16.7 Å². The van der Waals surface area contributed by atoms with E-state index in [1.165, 1.54) is 5.57 Å². The first-order valence-corrected chi connectivity index (χ1v) is 7.68. The van der Waals surface area contributed by atoms with Crippen LogP contribution in [0.3, 0.4) is 0 Å². The van der Waals surface area contributed by atoms with E-state index in [-0.39, 0.29) is 12.2 Å². The zero-order valence-electron chi connectivity index (χ0n) is 13.8. The highest BCUT2D eigenvalue weighted by Gasteiger charge is 2.46. The van der Waals surface area contributed by atoms with E-state index < -0.39 is 5.79 Å². The lowest BCUT2D eigenvalue weighted by Crippen LogP contribution is -2.39. The normalized spacial score (nSPS) is 20.6. The molecule has 0 bridgehead atoms. The minimum atomic E-state index is -1.76. The van der Waals surface area contributed by atoms with Crippen molar-refractivity contribution in [3.05, 3.63) is 52.6 Å². The Morgan fingerprint density at radius 1 is 1.27 bits per heavy atom. The maximum absolute atomic E-state index is 12.4. The Hall–Kier alpha value is -1.87. The van der Waals surface area contributed by atoms with E-state index >= 15 is 0 Å². The second-order valence-electron chi connectivity index (χ2n) is 6.24. The van der Waals surface area contributed by atoms with Gasteiger partial charge in [-0.25, -0.2) is 0 Å². The molecule has 0 aliphatic carbocycles. The second-order valence-corrected chi connectivity index (χ2v) is 6.24. The fraction of sp³-hybridized carbons (Fsp3) is 0.421. The molecule has 2 rings (SSSR count). The van der Waals surface area contributed by atoms with E-state index in [9.17, 15) is 9.90 Å². The summed E-state index contributed by atoms with van der Waals surface area (Å²) < 4.78 is 5.53. The standard InChI is InChI=1S/C19H24O3/c1-13(2)7-5-8-14(3)11-12-19(21)18(20)17-15(4)9-6-10-16(17)22-19/h6-7,9-11,21H,5,8,12H2,1-4H3/b14-11+/t19-/m1/s1. The topological polar surface area (TPSA) is 46.5 Å². The lowest BCUT2D eigenvalue weighted by Gasteiger charge is -2.19. The van der Waals surface area contributed by atoms with Crippen molar-refractivity contribution in [2.75, 3.05) is 0 Å². The predicted octanol–water partition coefficient (Wildman–Crippen LogP) is 4.34. The molecule has 1 aromatic carbocycles. The summed E-state index contributed by atoms with van der Waals surface area (Å²) in [5.41, 5.74) is 3.78. The molecule has 0 radical (unpaired) electrons. The molecule has 1 aromatic rings. The Morgan fingerprint density at radius 3 is 2.64 bits per heavy atom. The zero-order chi connectivity index (χ0) is 16.3. The van der Waals surface area contributed by atoms with Crippen LogP contribution in [0.1, 0.15) is 56.0 Å². The summed E-state index contributed by atoms with van der Waals surface area (Å²) in [6, 6.07) is 5.41. The number of rotatable bonds is 5. The van der Waals surface area contributed by atoms with Crippen LogP contribution in [0.2, 0.25) is 0 Å². The number of aliphatic hydroxyl groups is 1. The number of carbonyl (C=O) groups excluding carboxylic acids is 1. The first-order valence-electron chi connectivity index (χ1n) is 7.68. The van der Waals surface area contributed by atoms with Crippen molar-refractivity contribution in [1.82, 2.24) is 0 Å². The van der Waals surface area contributed by atoms with Crippen LogP contribution in [0.15, 0.2) is 41.5 Å². The first kappa shape index (κ1) is 16.5. The zero-order valence-corrected chi connectivity index (χ0v) is 13.8. The van der Waals surface area contributed by atoms with E-state index in [0.717, 1.165) is 24.0 Å². The predicted molar refractivity (Wildman–Crippen MR) is 88.1 cm³/mol. The molecule has 0 aromatic heterocycles. The van der Waals surface area contributed by atoms with Gasteiger partial charge < -0.3 is 9.84 Å². The van der Waals surface area contributed by atoms with Crippen molar-refractivity contribution < 1.29 is 14.6 Å². The van der Waals surface area contributed by atoms with Gasteiger partial charge in [-0.3, -0.25) is 4.79 Å². The highest BCUT2D eigenvalue weighted by molar-refractivity contribution is 6.07. The minimum absolute atomic E-state index is 0.181. The summed E-state index contributed by atoms with van der Waals surface area (Å²) in [5.74, 6) is -1.62. The second kappa shape index (κ2) is 6.49. The summed E-state index contributed by atoms with van der Waals surface area (Å²) in [7, 11) is 0. The first-order chi connectivity index (χ1) is 10.3. The van der Waals surface area contributed by atoms with Gasteiger partial charge in [-0.05, 0) is 52.2 Å². The third-order valence-electron chi connectivity index (χ3n) is 3.91. The molecular weight excluding hydrogens is 276 g/mol. The molecule has 3 heteroatoms. The summed E-state index contributed by atoms with van der Waals surface area (Å²) in [5, 5.41) is 10.5. The number of carbonyl (C=O) groups is 1. The van der Waals surface area contributed by atoms with Gasteiger partial charge in [0, 0.05) is 6.42 Å². The maximum Gasteiger partial charge on any atom is 0.276 e. The van der Waals surface area contributed by atoms with Crippen molar-refractivity contribution in [3.63, 3.8) is 0 Å². The Balaban J connectivity index is 2.06. The van der Waals surface area contributed by atoms with Gasteiger partial charge >= 0.3 is 0 Å². The SMILES string of the molecule is CC(C)=CCC/C(C)=C/C[C@@]1(O)Oc2cccc(C)c2C1=O. The lowest BCUT2D eigenvalue weighted by atomic mass is 9.98. The minimum Gasteiger partial charge on any atom is -0.453 e. The summed E-state index contributed by atoms with van der Waals surface area (Å²) in [6.07, 6.45) is 6.15. The van der Waals surface area contributed by atoms with Gasteiger partial charge in [0.2, 0.25) is 5.78 Å². The molecular formula is C19H24O3. The molecule has 1 aliphatic rings. The molecule has 3 nitrogen and oxygen atoms in total. The molecule has 0 unspecified atom stereocenters. The van der Waals surface area contributed by atoms with Crippen LogP contribution in [0.5, 0.6) is 5.75 Å². The van der Waals surface area contributed by atoms with Crippen molar-refractivity contribution in [2.24, 2.45) is 0 Å². The molecule has 1 heterocycles. The van der Waals surface area contributed by atoms with Crippen LogP contribution < -0.4 is 4.74 Å². The van der Waals surface area contributed by atoms with E-state index in [0.29, 0.717) is 11.3 Å². The molecule has 1 aliphatic heterocycles. The number of fused-ring (bicyclic) bond motifs is 1. The maximum atomic E-state index is 12.4. The molecule has 0 amide bonds.